The van der Waals surface area contributed by atoms with Crippen LogP contribution in [0.5, 0.6) is 11.5 Å². The zero-order valence-corrected chi connectivity index (χ0v) is 17.1. The number of benzene rings is 2. The number of anilines is 1. The Labute approximate surface area is 178 Å². The van der Waals surface area contributed by atoms with Crippen molar-refractivity contribution in [3.63, 3.8) is 0 Å². The lowest BCUT2D eigenvalue weighted by molar-refractivity contribution is -0.122. The van der Waals surface area contributed by atoms with Gasteiger partial charge in [0.15, 0.2) is 5.11 Å². The highest BCUT2D eigenvalue weighted by Crippen LogP contribution is 2.27. The van der Waals surface area contributed by atoms with Crippen molar-refractivity contribution >= 4 is 40.9 Å². The number of amides is 2. The van der Waals surface area contributed by atoms with Crippen LogP contribution in [0.3, 0.4) is 0 Å². The molecule has 0 spiro atoms. The smallest absolute Gasteiger partial charge is 0.270 e. The average Bonchev–Trinajstić information content (AvgIpc) is 3.05. The predicted molar refractivity (Wildman–Crippen MR) is 117 cm³/mol. The molecule has 0 unspecified atom stereocenters. The minimum Gasteiger partial charge on any atom is -0.457 e. The quantitative estimate of drug-likeness (QED) is 0.400. The van der Waals surface area contributed by atoms with Gasteiger partial charge in [0, 0.05) is 18.3 Å². The van der Waals surface area contributed by atoms with Gasteiger partial charge in [0.2, 0.25) is 0 Å². The van der Waals surface area contributed by atoms with Crippen LogP contribution >= 0.6 is 12.2 Å². The molecule has 150 valence electrons. The maximum Gasteiger partial charge on any atom is 0.270 e. The van der Waals surface area contributed by atoms with Crippen LogP contribution in [-0.4, -0.2) is 26.7 Å². The minimum atomic E-state index is -0.534. The molecule has 1 fully saturated rings. The summed E-state index contributed by atoms with van der Waals surface area (Å²) in [6.45, 7) is 1.86. The van der Waals surface area contributed by atoms with Crippen LogP contribution in [0.15, 0.2) is 66.4 Å². The van der Waals surface area contributed by atoms with Gasteiger partial charge in [0.25, 0.3) is 11.8 Å². The molecule has 1 aliphatic rings. The summed E-state index contributed by atoms with van der Waals surface area (Å²) in [5.74, 6) is 0.294. The first-order chi connectivity index (χ1) is 14.4. The number of carbonyl (C=O) groups is 2. The average molecular weight is 418 g/mol. The van der Waals surface area contributed by atoms with Crippen molar-refractivity contribution in [2.24, 2.45) is 7.05 Å². The Bertz CT molecular complexity index is 1170. The fourth-order valence-corrected chi connectivity index (χ4v) is 3.27. The zero-order chi connectivity index (χ0) is 21.3. The molecule has 30 heavy (non-hydrogen) atoms. The van der Waals surface area contributed by atoms with Crippen molar-refractivity contribution in [1.29, 1.82) is 0 Å². The number of hydrogen-bond acceptors (Lipinski definition) is 5. The van der Waals surface area contributed by atoms with Crippen LogP contribution in [0.2, 0.25) is 0 Å². The number of para-hydroxylation sites is 1. The molecule has 0 bridgehead atoms. The summed E-state index contributed by atoms with van der Waals surface area (Å²) in [5, 5.41) is 6.75. The molecule has 0 atom stereocenters. The summed E-state index contributed by atoms with van der Waals surface area (Å²) in [4.78, 5) is 26.8. The van der Waals surface area contributed by atoms with Gasteiger partial charge in [-0.25, -0.2) is 0 Å². The number of ether oxygens (including phenoxy) is 1. The molecule has 0 aliphatic carbocycles. The van der Waals surface area contributed by atoms with Crippen LogP contribution in [0, 0.1) is 6.92 Å². The maximum absolute atomic E-state index is 13.1. The Morgan fingerprint density at radius 2 is 1.70 bits per heavy atom. The third-order valence-corrected chi connectivity index (χ3v) is 5.03. The molecule has 2 amide bonds. The molecule has 1 aliphatic heterocycles. The number of nitrogens with one attached hydrogen (secondary N) is 1. The molecule has 2 heterocycles. The number of rotatable bonds is 4. The van der Waals surface area contributed by atoms with Crippen molar-refractivity contribution in [2.75, 3.05) is 4.90 Å². The van der Waals surface area contributed by atoms with Crippen LogP contribution < -0.4 is 15.0 Å². The third-order valence-electron chi connectivity index (χ3n) is 4.75. The first kappa shape index (κ1) is 19.5. The van der Waals surface area contributed by atoms with E-state index < -0.39 is 11.8 Å². The lowest BCUT2D eigenvalue weighted by Crippen LogP contribution is -2.54. The fourth-order valence-electron chi connectivity index (χ4n) is 2.99. The fraction of sp³-hybridized carbons (Fsp3) is 0.0909. The van der Waals surface area contributed by atoms with Gasteiger partial charge >= 0.3 is 0 Å². The van der Waals surface area contributed by atoms with E-state index in [2.05, 4.69) is 10.4 Å². The van der Waals surface area contributed by atoms with Crippen molar-refractivity contribution < 1.29 is 14.3 Å². The van der Waals surface area contributed by atoms with E-state index in [1.807, 2.05) is 37.3 Å². The molecule has 2 aromatic carbocycles. The van der Waals surface area contributed by atoms with Crippen molar-refractivity contribution in [3.05, 3.63) is 77.6 Å². The van der Waals surface area contributed by atoms with Gasteiger partial charge in [-0.1, -0.05) is 18.2 Å². The van der Waals surface area contributed by atoms with Crippen LogP contribution in [0.1, 0.15) is 11.3 Å². The second-order valence-electron chi connectivity index (χ2n) is 6.68. The minimum absolute atomic E-state index is 0.00990. The second-order valence-corrected chi connectivity index (χ2v) is 7.06. The van der Waals surface area contributed by atoms with Crippen LogP contribution in [0.25, 0.3) is 6.08 Å². The summed E-state index contributed by atoms with van der Waals surface area (Å²) in [5.41, 5.74) is 2.05. The third kappa shape index (κ3) is 3.72. The number of aromatic nitrogens is 2. The van der Waals surface area contributed by atoms with Crippen LogP contribution in [-0.2, 0) is 16.6 Å². The van der Waals surface area contributed by atoms with Gasteiger partial charge in [-0.15, -0.1) is 0 Å². The molecule has 0 saturated carbocycles. The van der Waals surface area contributed by atoms with E-state index in [1.165, 1.54) is 11.0 Å². The number of aryl methyl sites for hydroxylation is 1. The van der Waals surface area contributed by atoms with E-state index in [4.69, 9.17) is 17.0 Å². The Balaban J connectivity index is 1.61. The SMILES string of the molecule is Cc1c(/C=C2/C(=O)NC(=S)N(c3ccc(Oc4ccccc4)cc3)C2=O)cnn1C. The predicted octanol–water partition coefficient (Wildman–Crippen LogP) is 3.35. The van der Waals surface area contributed by atoms with Crippen molar-refractivity contribution in [3.8, 4) is 11.5 Å². The molecule has 1 N–H and O–H groups in total. The number of hydrogen-bond donors (Lipinski definition) is 1. The van der Waals surface area contributed by atoms with Gasteiger partial charge in [0.1, 0.15) is 17.1 Å². The molecular formula is C22H18N4O3S. The monoisotopic (exact) mass is 418 g/mol. The topological polar surface area (TPSA) is 76.5 Å². The maximum atomic E-state index is 13.1. The van der Waals surface area contributed by atoms with E-state index in [1.54, 1.807) is 42.2 Å². The molecule has 1 aromatic heterocycles. The lowest BCUT2D eigenvalue weighted by Gasteiger charge is -2.29. The lowest BCUT2D eigenvalue weighted by atomic mass is 10.1. The van der Waals surface area contributed by atoms with Gasteiger partial charge in [-0.2, -0.15) is 5.10 Å². The molecule has 1 saturated heterocycles. The first-order valence-corrected chi connectivity index (χ1v) is 9.58. The van der Waals surface area contributed by atoms with E-state index in [9.17, 15) is 9.59 Å². The molecular weight excluding hydrogens is 400 g/mol. The van der Waals surface area contributed by atoms with Gasteiger partial charge in [-0.05, 0) is 61.6 Å². The summed E-state index contributed by atoms with van der Waals surface area (Å²) in [6, 6.07) is 16.3. The summed E-state index contributed by atoms with van der Waals surface area (Å²) in [6.07, 6.45) is 3.14. The van der Waals surface area contributed by atoms with Crippen molar-refractivity contribution in [2.45, 2.75) is 6.92 Å². The molecule has 4 rings (SSSR count). The Morgan fingerprint density at radius 1 is 1.03 bits per heavy atom. The number of nitrogens with zero attached hydrogens (tertiary/aromatic N) is 3. The number of thiocarbonyl (C=S) groups is 1. The van der Waals surface area contributed by atoms with Crippen molar-refractivity contribution in [1.82, 2.24) is 15.1 Å². The van der Waals surface area contributed by atoms with E-state index >= 15 is 0 Å². The van der Waals surface area contributed by atoms with E-state index in [0.29, 0.717) is 22.7 Å². The standard InChI is InChI=1S/C22H18N4O3S/c1-14-15(13-23-25(14)2)12-19-20(27)24-22(30)26(21(19)28)16-8-10-18(11-9-16)29-17-6-4-3-5-7-17/h3-13H,1-2H3,(H,24,27,30)/b19-12-. The normalized spacial score (nSPS) is 15.5. The summed E-state index contributed by atoms with van der Waals surface area (Å²) in [7, 11) is 1.79. The first-order valence-electron chi connectivity index (χ1n) is 9.17. The van der Waals surface area contributed by atoms with Gasteiger partial charge < -0.3 is 4.74 Å². The largest absolute Gasteiger partial charge is 0.457 e. The zero-order valence-electron chi connectivity index (χ0n) is 16.3. The second kappa shape index (κ2) is 7.92. The molecule has 3 aromatic rings. The van der Waals surface area contributed by atoms with Gasteiger partial charge in [-0.3, -0.25) is 24.5 Å². The van der Waals surface area contributed by atoms with Gasteiger partial charge in [0.05, 0.1) is 11.9 Å². The summed E-state index contributed by atoms with van der Waals surface area (Å²) >= 11 is 5.25. The van der Waals surface area contributed by atoms with Crippen LogP contribution in [0.4, 0.5) is 5.69 Å². The number of carbonyl (C=O) groups excluding carboxylic acids is 2. The molecule has 8 heteroatoms. The molecule has 7 nitrogen and oxygen atoms in total. The highest BCUT2D eigenvalue weighted by atomic mass is 32.1. The summed E-state index contributed by atoms with van der Waals surface area (Å²) < 4.78 is 7.45. The van der Waals surface area contributed by atoms with E-state index in [0.717, 1.165) is 5.69 Å². The van der Waals surface area contributed by atoms with E-state index in [-0.39, 0.29) is 10.7 Å². The Morgan fingerprint density at radius 3 is 2.33 bits per heavy atom. The highest BCUT2D eigenvalue weighted by molar-refractivity contribution is 7.80. The Hall–Kier alpha value is -3.78. The molecule has 0 radical (unpaired) electrons. The Kier molecular flexibility index (Phi) is 5.16. The highest BCUT2D eigenvalue weighted by Gasteiger charge is 2.34.